The summed E-state index contributed by atoms with van der Waals surface area (Å²) in [6.45, 7) is 6.11. The van der Waals surface area contributed by atoms with Crippen LogP contribution in [-0.2, 0) is 12.1 Å². The van der Waals surface area contributed by atoms with E-state index in [9.17, 15) is 10.2 Å². The summed E-state index contributed by atoms with van der Waals surface area (Å²) in [6, 6.07) is 5.78. The average molecular weight is 381 g/mol. The van der Waals surface area contributed by atoms with Crippen LogP contribution in [0.15, 0.2) is 29.4 Å². The fourth-order valence-electron chi connectivity index (χ4n) is 3.75. The van der Waals surface area contributed by atoms with Crippen LogP contribution in [0.3, 0.4) is 0 Å². The fraction of sp³-hybridized carbons (Fsp3) is 0.476. The Bertz CT molecular complexity index is 889. The Balaban J connectivity index is 1.75. The first-order valence-corrected chi connectivity index (χ1v) is 9.68. The van der Waals surface area contributed by atoms with Gasteiger partial charge in [-0.15, -0.1) is 0 Å². The van der Waals surface area contributed by atoms with Gasteiger partial charge in [0.2, 0.25) is 0 Å². The van der Waals surface area contributed by atoms with Gasteiger partial charge in [-0.05, 0) is 38.5 Å². The number of hydrogen-bond acceptors (Lipinski definition) is 7. The van der Waals surface area contributed by atoms with Crippen LogP contribution in [-0.4, -0.2) is 58.2 Å². The molecule has 2 aromatic rings. The van der Waals surface area contributed by atoms with Crippen molar-refractivity contribution < 1.29 is 10.2 Å². The molecule has 4 rings (SSSR count). The van der Waals surface area contributed by atoms with Gasteiger partial charge in [0.15, 0.2) is 0 Å². The average Bonchev–Trinajstić information content (AvgIpc) is 3.16. The summed E-state index contributed by atoms with van der Waals surface area (Å²) in [7, 11) is 2.00. The first-order valence-electron chi connectivity index (χ1n) is 9.68. The van der Waals surface area contributed by atoms with Gasteiger partial charge in [-0.2, -0.15) is 0 Å². The van der Waals surface area contributed by atoms with Crippen LogP contribution in [0.4, 0.5) is 11.5 Å². The van der Waals surface area contributed by atoms with Crippen molar-refractivity contribution >= 4 is 17.8 Å². The van der Waals surface area contributed by atoms with Crippen molar-refractivity contribution in [2.45, 2.75) is 32.4 Å². The molecule has 0 amide bonds. The van der Waals surface area contributed by atoms with Crippen molar-refractivity contribution in [3.63, 3.8) is 0 Å². The monoisotopic (exact) mass is 381 g/mol. The number of aliphatic hydroxyl groups is 2. The van der Waals surface area contributed by atoms with Gasteiger partial charge in [0.25, 0.3) is 0 Å². The van der Waals surface area contributed by atoms with Crippen LogP contribution >= 0.6 is 0 Å². The number of aliphatic hydroxyl groups excluding tert-OH is 1. The third-order valence-corrected chi connectivity index (χ3v) is 5.41. The van der Waals surface area contributed by atoms with Gasteiger partial charge in [0.05, 0.1) is 23.4 Å². The lowest BCUT2D eigenvalue weighted by Gasteiger charge is -2.27. The smallest absolute Gasteiger partial charge is 0.136 e. The third kappa shape index (κ3) is 3.59. The van der Waals surface area contributed by atoms with E-state index in [1.807, 2.05) is 36.5 Å². The van der Waals surface area contributed by atoms with Gasteiger partial charge in [-0.1, -0.05) is 0 Å². The highest BCUT2D eigenvalue weighted by molar-refractivity contribution is 5.76. The van der Waals surface area contributed by atoms with Crippen molar-refractivity contribution in [2.24, 2.45) is 10.9 Å². The van der Waals surface area contributed by atoms with Gasteiger partial charge in [0.1, 0.15) is 11.4 Å². The van der Waals surface area contributed by atoms with E-state index < -0.39 is 5.60 Å². The molecular formula is C21H27N5O2. The maximum absolute atomic E-state index is 10.1. The molecule has 1 unspecified atom stereocenters. The van der Waals surface area contributed by atoms with E-state index in [1.54, 1.807) is 20.0 Å². The zero-order chi connectivity index (χ0) is 19.9. The van der Waals surface area contributed by atoms with Crippen LogP contribution in [0.1, 0.15) is 31.5 Å². The first kappa shape index (κ1) is 18.8. The van der Waals surface area contributed by atoms with Crippen LogP contribution in [0, 0.1) is 5.92 Å². The van der Waals surface area contributed by atoms with Crippen molar-refractivity contribution in [3.05, 3.63) is 35.7 Å². The van der Waals surface area contributed by atoms with Gasteiger partial charge in [-0.3, -0.25) is 4.98 Å². The molecular weight excluding hydrogens is 354 g/mol. The molecule has 7 heteroatoms. The molecule has 0 radical (unpaired) electrons. The highest BCUT2D eigenvalue weighted by Crippen LogP contribution is 2.37. The molecule has 28 heavy (non-hydrogen) atoms. The summed E-state index contributed by atoms with van der Waals surface area (Å²) in [4.78, 5) is 18.3. The lowest BCUT2D eigenvalue weighted by molar-refractivity contribution is 0.0739. The Morgan fingerprint density at radius 2 is 2.11 bits per heavy atom. The minimum Gasteiger partial charge on any atom is -0.396 e. The van der Waals surface area contributed by atoms with Crippen molar-refractivity contribution in [3.8, 4) is 11.3 Å². The lowest BCUT2D eigenvalue weighted by atomic mass is 10.0. The minimum atomic E-state index is -0.975. The zero-order valence-electron chi connectivity index (χ0n) is 16.6. The Hall–Kier alpha value is -2.51. The second-order valence-corrected chi connectivity index (χ2v) is 8.26. The van der Waals surface area contributed by atoms with Crippen LogP contribution in [0.2, 0.25) is 0 Å². The summed E-state index contributed by atoms with van der Waals surface area (Å²) >= 11 is 0. The van der Waals surface area contributed by atoms with E-state index in [4.69, 9.17) is 4.98 Å². The molecule has 1 saturated heterocycles. The fourth-order valence-corrected chi connectivity index (χ4v) is 3.75. The van der Waals surface area contributed by atoms with Gasteiger partial charge in [-0.25, -0.2) is 9.98 Å². The predicted molar refractivity (Wildman–Crippen MR) is 110 cm³/mol. The molecule has 0 aliphatic carbocycles. The summed E-state index contributed by atoms with van der Waals surface area (Å²) in [5.74, 6) is 1.23. The molecule has 0 spiro atoms. The molecule has 0 bridgehead atoms. The lowest BCUT2D eigenvalue weighted by Crippen LogP contribution is -2.26. The standard InChI is InChI=1S/C21H27N5O2/c1-21(2,28)19-5-4-15(9-22-19)17-8-18-16(11-25(3)13-23-18)20(24-17)26-7-6-14(10-26)12-27/h4-5,8-9,13-14,27-28H,6-7,10-12H2,1-3H3. The summed E-state index contributed by atoms with van der Waals surface area (Å²) in [6.07, 6.45) is 4.56. The SMILES string of the molecule is CN1C=Nc2cc(-c3ccc(C(C)(C)O)nc3)nc(N3CCC(CO)C3)c2C1. The van der Waals surface area contributed by atoms with E-state index in [2.05, 4.69) is 14.9 Å². The Morgan fingerprint density at radius 1 is 1.29 bits per heavy atom. The van der Waals surface area contributed by atoms with Gasteiger partial charge < -0.3 is 20.0 Å². The van der Waals surface area contributed by atoms with E-state index in [-0.39, 0.29) is 6.61 Å². The Labute approximate surface area is 165 Å². The Morgan fingerprint density at radius 3 is 2.75 bits per heavy atom. The second kappa shape index (κ2) is 7.14. The number of pyridine rings is 2. The molecule has 2 aliphatic rings. The third-order valence-electron chi connectivity index (χ3n) is 5.41. The van der Waals surface area contributed by atoms with Gasteiger partial charge >= 0.3 is 0 Å². The largest absolute Gasteiger partial charge is 0.396 e. The molecule has 4 heterocycles. The zero-order valence-corrected chi connectivity index (χ0v) is 16.6. The molecule has 1 fully saturated rings. The first-order chi connectivity index (χ1) is 13.3. The highest BCUT2D eigenvalue weighted by atomic mass is 16.3. The number of aromatic nitrogens is 2. The van der Waals surface area contributed by atoms with Gasteiger partial charge in [0, 0.05) is 56.5 Å². The summed E-state index contributed by atoms with van der Waals surface area (Å²) in [5, 5.41) is 19.7. The van der Waals surface area contributed by atoms with E-state index >= 15 is 0 Å². The number of rotatable bonds is 4. The molecule has 7 nitrogen and oxygen atoms in total. The normalized spacial score (nSPS) is 19.2. The summed E-state index contributed by atoms with van der Waals surface area (Å²) in [5.41, 5.74) is 3.41. The maximum atomic E-state index is 10.1. The maximum Gasteiger partial charge on any atom is 0.136 e. The molecule has 0 aromatic carbocycles. The highest BCUT2D eigenvalue weighted by Gasteiger charge is 2.28. The number of hydrogen-bond donors (Lipinski definition) is 2. The number of fused-ring (bicyclic) bond motifs is 1. The van der Waals surface area contributed by atoms with Crippen molar-refractivity contribution in [1.82, 2.24) is 14.9 Å². The van der Waals surface area contributed by atoms with Crippen molar-refractivity contribution in [2.75, 3.05) is 31.6 Å². The van der Waals surface area contributed by atoms with Crippen molar-refractivity contribution in [1.29, 1.82) is 0 Å². The van der Waals surface area contributed by atoms with E-state index in [0.29, 0.717) is 11.6 Å². The minimum absolute atomic E-state index is 0.207. The van der Waals surface area contributed by atoms with Crippen LogP contribution in [0.5, 0.6) is 0 Å². The predicted octanol–water partition coefficient (Wildman–Crippen LogP) is 2.29. The van der Waals surface area contributed by atoms with E-state index in [0.717, 1.165) is 54.4 Å². The van der Waals surface area contributed by atoms with Crippen LogP contribution < -0.4 is 4.90 Å². The molecule has 2 aliphatic heterocycles. The number of aliphatic imine (C=N–C) groups is 1. The molecule has 0 saturated carbocycles. The number of anilines is 1. The van der Waals surface area contributed by atoms with Crippen LogP contribution in [0.25, 0.3) is 11.3 Å². The molecule has 148 valence electrons. The van der Waals surface area contributed by atoms with E-state index in [1.165, 1.54) is 0 Å². The quantitative estimate of drug-likeness (QED) is 0.845. The molecule has 2 N–H and O–H groups in total. The number of nitrogens with zero attached hydrogens (tertiary/aromatic N) is 5. The summed E-state index contributed by atoms with van der Waals surface area (Å²) < 4.78 is 0. The molecule has 2 aromatic heterocycles. The molecule has 1 atom stereocenters. The Kier molecular flexibility index (Phi) is 4.81. The topological polar surface area (TPSA) is 85.1 Å². The second-order valence-electron chi connectivity index (χ2n) is 8.26.